The van der Waals surface area contributed by atoms with E-state index >= 15 is 0 Å². The molecular weight excluding hydrogens is 479 g/mol. The van der Waals surface area contributed by atoms with Crippen LogP contribution >= 0.6 is 23.2 Å². The van der Waals surface area contributed by atoms with Crippen LogP contribution in [0.3, 0.4) is 0 Å². The van der Waals surface area contributed by atoms with E-state index in [-0.39, 0.29) is 12.6 Å². The standard InChI is InChI=1S/C24H26Cl2N4O4/c1-4-12-30-14(3)19(22(31)34-5-2)20(29-24(30)33)15-8-6-9-16(13-15)27-23(32)28-21-17(25)10-7-11-18(21)26/h6-11,13,20H,4-5,12H2,1-3H3,(H,29,33)(H2,27,28,32)/t20-/m0/s1. The van der Waals surface area contributed by atoms with Gasteiger partial charge in [0, 0.05) is 17.9 Å². The maximum Gasteiger partial charge on any atom is 0.338 e. The molecule has 0 unspecified atom stereocenters. The third-order valence-electron chi connectivity index (χ3n) is 5.22. The van der Waals surface area contributed by atoms with Crippen LogP contribution in [0.2, 0.25) is 10.0 Å². The minimum atomic E-state index is -0.734. The third-order valence-corrected chi connectivity index (χ3v) is 5.85. The first-order chi connectivity index (χ1) is 16.3. The van der Waals surface area contributed by atoms with Gasteiger partial charge in [-0.25, -0.2) is 14.4 Å². The van der Waals surface area contributed by atoms with Gasteiger partial charge in [-0.2, -0.15) is 0 Å². The number of hydrogen-bond acceptors (Lipinski definition) is 4. The Morgan fingerprint density at radius 3 is 2.41 bits per heavy atom. The lowest BCUT2D eigenvalue weighted by atomic mass is 9.94. The van der Waals surface area contributed by atoms with Gasteiger partial charge in [-0.15, -0.1) is 0 Å². The van der Waals surface area contributed by atoms with Gasteiger partial charge in [0.2, 0.25) is 0 Å². The number of carbonyl (C=O) groups is 3. The maximum atomic E-state index is 12.8. The van der Waals surface area contributed by atoms with Crippen molar-refractivity contribution < 1.29 is 19.1 Å². The topological polar surface area (TPSA) is 99.8 Å². The lowest BCUT2D eigenvalue weighted by Gasteiger charge is -2.35. The number of amides is 4. The Morgan fingerprint density at radius 2 is 1.76 bits per heavy atom. The summed E-state index contributed by atoms with van der Waals surface area (Å²) < 4.78 is 5.27. The van der Waals surface area contributed by atoms with Crippen LogP contribution in [0, 0.1) is 0 Å². The van der Waals surface area contributed by atoms with Gasteiger partial charge < -0.3 is 20.7 Å². The summed E-state index contributed by atoms with van der Waals surface area (Å²) in [6, 6.07) is 10.2. The van der Waals surface area contributed by atoms with Gasteiger partial charge in [0.15, 0.2) is 0 Å². The van der Waals surface area contributed by atoms with Crippen molar-refractivity contribution in [1.82, 2.24) is 10.2 Å². The van der Waals surface area contributed by atoms with E-state index in [0.717, 1.165) is 6.42 Å². The minimum absolute atomic E-state index is 0.205. The van der Waals surface area contributed by atoms with Crippen LogP contribution < -0.4 is 16.0 Å². The van der Waals surface area contributed by atoms with Crippen LogP contribution in [0.4, 0.5) is 21.0 Å². The minimum Gasteiger partial charge on any atom is -0.463 e. The van der Waals surface area contributed by atoms with Gasteiger partial charge in [-0.3, -0.25) is 4.90 Å². The van der Waals surface area contributed by atoms with Gasteiger partial charge in [-0.1, -0.05) is 48.3 Å². The van der Waals surface area contributed by atoms with E-state index in [2.05, 4.69) is 16.0 Å². The van der Waals surface area contributed by atoms with E-state index in [1.165, 1.54) is 4.90 Å². The number of para-hydroxylation sites is 1. The summed E-state index contributed by atoms with van der Waals surface area (Å²) in [5.41, 5.74) is 2.24. The highest BCUT2D eigenvalue weighted by Crippen LogP contribution is 2.33. The van der Waals surface area contributed by atoms with Crippen molar-refractivity contribution in [2.75, 3.05) is 23.8 Å². The molecule has 0 radical (unpaired) electrons. The van der Waals surface area contributed by atoms with E-state index in [0.29, 0.717) is 44.8 Å². The largest absolute Gasteiger partial charge is 0.463 e. The fourth-order valence-electron chi connectivity index (χ4n) is 3.69. The molecule has 10 heteroatoms. The zero-order valence-corrected chi connectivity index (χ0v) is 20.6. The molecule has 8 nitrogen and oxygen atoms in total. The number of allylic oxidation sites excluding steroid dienone is 1. The highest BCUT2D eigenvalue weighted by molar-refractivity contribution is 6.39. The maximum absolute atomic E-state index is 12.8. The molecule has 3 N–H and O–H groups in total. The van der Waals surface area contributed by atoms with E-state index in [1.54, 1.807) is 56.3 Å². The number of rotatable bonds is 7. The Balaban J connectivity index is 1.88. The van der Waals surface area contributed by atoms with E-state index in [1.807, 2.05) is 6.92 Å². The number of hydrogen-bond donors (Lipinski definition) is 3. The molecule has 1 aliphatic heterocycles. The van der Waals surface area contributed by atoms with Crippen molar-refractivity contribution in [3.8, 4) is 0 Å². The monoisotopic (exact) mass is 504 g/mol. The van der Waals surface area contributed by atoms with Crippen molar-refractivity contribution >= 4 is 52.6 Å². The molecule has 0 bridgehead atoms. The van der Waals surface area contributed by atoms with E-state index in [4.69, 9.17) is 27.9 Å². The van der Waals surface area contributed by atoms with Crippen LogP contribution in [0.5, 0.6) is 0 Å². The summed E-state index contributed by atoms with van der Waals surface area (Å²) in [6.07, 6.45) is 0.732. The smallest absolute Gasteiger partial charge is 0.338 e. The summed E-state index contributed by atoms with van der Waals surface area (Å²) in [5.74, 6) is -0.504. The quantitative estimate of drug-likeness (QED) is 0.405. The van der Waals surface area contributed by atoms with Crippen molar-refractivity contribution in [3.05, 3.63) is 69.3 Å². The van der Waals surface area contributed by atoms with E-state index in [9.17, 15) is 14.4 Å². The first kappa shape index (κ1) is 25.4. The Bertz CT molecular complexity index is 1120. The molecule has 4 amide bonds. The molecule has 0 aliphatic carbocycles. The fourth-order valence-corrected chi connectivity index (χ4v) is 4.18. The number of esters is 1. The van der Waals surface area contributed by atoms with Crippen molar-refractivity contribution in [2.45, 2.75) is 33.2 Å². The molecule has 0 fully saturated rings. The van der Waals surface area contributed by atoms with Crippen LogP contribution in [-0.2, 0) is 9.53 Å². The lowest BCUT2D eigenvalue weighted by molar-refractivity contribution is -0.139. The molecule has 34 heavy (non-hydrogen) atoms. The lowest BCUT2D eigenvalue weighted by Crippen LogP contribution is -2.48. The second kappa shape index (κ2) is 11.3. The predicted octanol–water partition coefficient (Wildman–Crippen LogP) is 5.95. The first-order valence-corrected chi connectivity index (χ1v) is 11.6. The second-order valence-corrected chi connectivity index (χ2v) is 8.37. The number of carbonyl (C=O) groups excluding carboxylic acids is 3. The number of anilines is 2. The average Bonchev–Trinajstić information content (AvgIpc) is 2.79. The SMILES string of the molecule is CCCN1C(=O)N[C@@H](c2cccc(NC(=O)Nc3c(Cl)cccc3Cl)c2)C(C(=O)OCC)=C1C. The summed E-state index contributed by atoms with van der Waals surface area (Å²) in [6.45, 7) is 6.09. The average molecular weight is 505 g/mol. The number of urea groups is 2. The Hall–Kier alpha value is -3.23. The first-order valence-electron chi connectivity index (χ1n) is 10.8. The molecule has 1 atom stereocenters. The van der Waals surface area contributed by atoms with Crippen LogP contribution in [-0.4, -0.2) is 36.1 Å². The van der Waals surface area contributed by atoms with Crippen LogP contribution in [0.1, 0.15) is 38.8 Å². The van der Waals surface area contributed by atoms with Crippen molar-refractivity contribution in [2.24, 2.45) is 0 Å². The molecule has 0 aromatic heterocycles. The molecule has 0 saturated carbocycles. The number of nitrogens with one attached hydrogen (secondary N) is 3. The summed E-state index contributed by atoms with van der Waals surface area (Å²) in [4.78, 5) is 39.7. The predicted molar refractivity (Wildman–Crippen MR) is 133 cm³/mol. The molecular formula is C24H26Cl2N4O4. The fraction of sp³-hybridized carbons (Fsp3) is 0.292. The van der Waals surface area contributed by atoms with Crippen LogP contribution in [0.25, 0.3) is 0 Å². The molecule has 0 spiro atoms. The second-order valence-electron chi connectivity index (χ2n) is 7.55. The zero-order chi connectivity index (χ0) is 24.8. The molecule has 1 heterocycles. The van der Waals surface area contributed by atoms with Crippen LogP contribution in [0.15, 0.2) is 53.7 Å². The van der Waals surface area contributed by atoms with Gasteiger partial charge in [0.1, 0.15) is 0 Å². The number of ether oxygens (including phenoxy) is 1. The Kier molecular flexibility index (Phi) is 8.41. The Labute approximate surface area is 208 Å². The highest BCUT2D eigenvalue weighted by atomic mass is 35.5. The van der Waals surface area contributed by atoms with Gasteiger partial charge in [0.25, 0.3) is 0 Å². The zero-order valence-electron chi connectivity index (χ0n) is 19.1. The molecule has 180 valence electrons. The van der Waals surface area contributed by atoms with Gasteiger partial charge in [-0.05, 0) is 50.1 Å². The van der Waals surface area contributed by atoms with E-state index < -0.39 is 18.0 Å². The van der Waals surface area contributed by atoms with Crippen molar-refractivity contribution in [3.63, 3.8) is 0 Å². The summed E-state index contributed by atoms with van der Waals surface area (Å²) >= 11 is 12.2. The van der Waals surface area contributed by atoms with Gasteiger partial charge >= 0.3 is 18.0 Å². The summed E-state index contributed by atoms with van der Waals surface area (Å²) in [7, 11) is 0. The number of benzene rings is 2. The third kappa shape index (κ3) is 5.63. The van der Waals surface area contributed by atoms with Gasteiger partial charge in [0.05, 0.1) is 34.0 Å². The number of halogens is 2. The molecule has 3 rings (SSSR count). The summed E-state index contributed by atoms with van der Waals surface area (Å²) in [5, 5.41) is 8.85. The molecule has 1 aliphatic rings. The molecule has 2 aromatic carbocycles. The normalized spacial score (nSPS) is 15.6. The Morgan fingerprint density at radius 1 is 1.09 bits per heavy atom. The molecule has 0 saturated heterocycles. The highest BCUT2D eigenvalue weighted by Gasteiger charge is 2.36. The number of nitrogens with zero attached hydrogens (tertiary/aromatic N) is 1. The van der Waals surface area contributed by atoms with Crippen molar-refractivity contribution in [1.29, 1.82) is 0 Å². The molecule has 2 aromatic rings.